The van der Waals surface area contributed by atoms with Crippen LogP contribution in [-0.2, 0) is 17.8 Å². The van der Waals surface area contributed by atoms with Crippen molar-refractivity contribution in [3.63, 3.8) is 0 Å². The number of aromatic amines is 1. The van der Waals surface area contributed by atoms with Crippen LogP contribution in [0.1, 0.15) is 17.2 Å². The lowest BCUT2D eigenvalue weighted by atomic mass is 10.1. The Kier molecular flexibility index (Phi) is 5.27. The zero-order valence-electron chi connectivity index (χ0n) is 15.4. The number of hydrogen-bond acceptors (Lipinski definition) is 5. The lowest BCUT2D eigenvalue weighted by molar-refractivity contribution is -0.120. The summed E-state index contributed by atoms with van der Waals surface area (Å²) >= 11 is 6.21. The van der Waals surface area contributed by atoms with Gasteiger partial charge in [0.15, 0.2) is 11.6 Å². The summed E-state index contributed by atoms with van der Waals surface area (Å²) in [4.78, 5) is 18.8. The van der Waals surface area contributed by atoms with Crippen LogP contribution in [0.2, 0.25) is 5.02 Å². The number of fused-ring (bicyclic) bond motifs is 1. The lowest BCUT2D eigenvalue weighted by Crippen LogP contribution is -2.46. The average molecular weight is 398 g/mol. The van der Waals surface area contributed by atoms with E-state index in [2.05, 4.69) is 20.5 Å². The molecule has 2 heterocycles. The maximum Gasteiger partial charge on any atom is 0.247 e. The number of nitrogens with zero attached hydrogens (tertiary/aromatic N) is 3. The van der Waals surface area contributed by atoms with E-state index in [1.54, 1.807) is 24.1 Å². The Bertz CT molecular complexity index is 976. The quantitative estimate of drug-likeness (QED) is 0.691. The first-order valence-corrected chi connectivity index (χ1v) is 9.36. The molecule has 7 nitrogen and oxygen atoms in total. The third-order valence-corrected chi connectivity index (χ3v) is 4.93. The second kappa shape index (κ2) is 8.00. The molecular weight excluding hydrogens is 378 g/mol. The smallest absolute Gasteiger partial charge is 0.247 e. The number of H-pyrrole nitrogens is 1. The summed E-state index contributed by atoms with van der Waals surface area (Å²) in [5.74, 6) is 1.80. The van der Waals surface area contributed by atoms with Gasteiger partial charge < -0.3 is 9.64 Å². The molecule has 1 amide bonds. The lowest BCUT2D eigenvalue weighted by Gasteiger charge is -2.20. The van der Waals surface area contributed by atoms with Gasteiger partial charge in [0.1, 0.15) is 18.5 Å². The molecule has 1 aromatic heterocycles. The molecule has 1 atom stereocenters. The summed E-state index contributed by atoms with van der Waals surface area (Å²) in [6, 6.07) is 14.9. The number of ether oxygens (including phenoxy) is 1. The summed E-state index contributed by atoms with van der Waals surface area (Å²) in [5, 5.41) is 10.9. The normalized spacial score (nSPS) is 16.4. The number of anilines is 1. The highest BCUT2D eigenvalue weighted by atomic mass is 35.5. The molecule has 2 N–H and O–H groups in total. The Morgan fingerprint density at radius 1 is 1.25 bits per heavy atom. The van der Waals surface area contributed by atoms with Gasteiger partial charge in [-0.2, -0.15) is 5.10 Å². The van der Waals surface area contributed by atoms with E-state index >= 15 is 0 Å². The number of para-hydroxylation sites is 1. The first kappa shape index (κ1) is 18.5. The van der Waals surface area contributed by atoms with Crippen molar-refractivity contribution in [2.45, 2.75) is 19.0 Å². The van der Waals surface area contributed by atoms with Crippen LogP contribution in [0.3, 0.4) is 0 Å². The van der Waals surface area contributed by atoms with Gasteiger partial charge in [0.25, 0.3) is 0 Å². The highest BCUT2D eigenvalue weighted by Crippen LogP contribution is 2.36. The van der Waals surface area contributed by atoms with E-state index in [1.807, 2.05) is 36.4 Å². The third-order valence-electron chi connectivity index (χ3n) is 4.63. The average Bonchev–Trinajstić information content (AvgIpc) is 3.11. The first-order valence-electron chi connectivity index (χ1n) is 8.98. The van der Waals surface area contributed by atoms with Gasteiger partial charge in [-0.05, 0) is 17.7 Å². The van der Waals surface area contributed by atoms with Gasteiger partial charge in [-0.15, -0.1) is 0 Å². The topological polar surface area (TPSA) is 83.1 Å². The molecule has 144 valence electrons. The van der Waals surface area contributed by atoms with Crippen LogP contribution in [0.15, 0.2) is 48.5 Å². The maximum absolute atomic E-state index is 12.8. The van der Waals surface area contributed by atoms with Gasteiger partial charge in [-0.25, -0.2) is 4.98 Å². The molecule has 0 saturated heterocycles. The Hall–Kier alpha value is -2.90. The van der Waals surface area contributed by atoms with Crippen LogP contribution in [0.4, 0.5) is 5.69 Å². The molecule has 1 aliphatic rings. The fraction of sp³-hybridized carbons (Fsp3) is 0.250. The van der Waals surface area contributed by atoms with Gasteiger partial charge in [0.05, 0.1) is 17.3 Å². The minimum absolute atomic E-state index is 0.0962. The van der Waals surface area contributed by atoms with Gasteiger partial charge in [0, 0.05) is 13.5 Å². The molecule has 0 aliphatic carbocycles. The number of likely N-dealkylation sites (N-methyl/N-ethyl adjacent to an activating group) is 1. The second-order valence-corrected chi connectivity index (χ2v) is 7.00. The Balaban J connectivity index is 1.40. The first-order chi connectivity index (χ1) is 13.6. The molecule has 0 unspecified atom stereocenters. The van der Waals surface area contributed by atoms with Crippen molar-refractivity contribution in [2.24, 2.45) is 0 Å². The molecule has 3 aromatic rings. The van der Waals surface area contributed by atoms with Gasteiger partial charge in [-0.1, -0.05) is 48.0 Å². The molecule has 2 aromatic carbocycles. The number of nitrogens with one attached hydrogen (secondary N) is 2. The third kappa shape index (κ3) is 3.85. The molecule has 0 bridgehead atoms. The van der Waals surface area contributed by atoms with E-state index in [4.69, 9.17) is 16.3 Å². The number of carbonyl (C=O) groups is 1. The summed E-state index contributed by atoms with van der Waals surface area (Å²) in [7, 11) is 1.71. The summed E-state index contributed by atoms with van der Waals surface area (Å²) < 4.78 is 5.80. The number of aromatic nitrogens is 3. The molecular formula is C20H20ClN5O2. The number of hydrogen-bond donors (Lipinski definition) is 2. The number of carbonyl (C=O) groups excluding carboxylic acids is 1. The zero-order chi connectivity index (χ0) is 19.5. The number of amides is 1. The van der Waals surface area contributed by atoms with Crippen molar-refractivity contribution in [1.29, 1.82) is 0 Å². The number of benzene rings is 2. The van der Waals surface area contributed by atoms with Crippen LogP contribution in [0, 0.1) is 0 Å². The van der Waals surface area contributed by atoms with Crippen LogP contribution in [0.5, 0.6) is 5.75 Å². The summed E-state index contributed by atoms with van der Waals surface area (Å²) in [5.41, 5.74) is 1.81. The zero-order valence-corrected chi connectivity index (χ0v) is 16.1. The van der Waals surface area contributed by atoms with E-state index in [-0.39, 0.29) is 12.5 Å². The maximum atomic E-state index is 12.8. The highest BCUT2D eigenvalue weighted by Gasteiger charge is 2.30. The SMILES string of the molecule is CN1C(=O)[C@@H](NCc2n[nH]c(Cc3ccccc3)n2)COc2c(Cl)cccc21. The van der Waals surface area contributed by atoms with Crippen molar-refractivity contribution in [3.8, 4) is 5.75 Å². The van der Waals surface area contributed by atoms with E-state index in [9.17, 15) is 4.79 Å². The predicted molar refractivity (Wildman–Crippen MR) is 107 cm³/mol. The highest BCUT2D eigenvalue weighted by molar-refractivity contribution is 6.32. The molecule has 28 heavy (non-hydrogen) atoms. The molecule has 0 radical (unpaired) electrons. The second-order valence-electron chi connectivity index (χ2n) is 6.59. The molecule has 0 spiro atoms. The Labute approximate surface area is 167 Å². The monoisotopic (exact) mass is 397 g/mol. The van der Waals surface area contributed by atoms with Crippen LogP contribution in [0.25, 0.3) is 0 Å². The summed E-state index contributed by atoms with van der Waals surface area (Å²) in [6.07, 6.45) is 0.676. The number of halogens is 1. The van der Waals surface area contributed by atoms with Crippen molar-refractivity contribution < 1.29 is 9.53 Å². The summed E-state index contributed by atoms with van der Waals surface area (Å²) in [6.45, 7) is 0.532. The van der Waals surface area contributed by atoms with E-state index in [0.29, 0.717) is 35.2 Å². The van der Waals surface area contributed by atoms with Gasteiger partial charge in [-0.3, -0.25) is 15.2 Å². The van der Waals surface area contributed by atoms with E-state index < -0.39 is 6.04 Å². The van der Waals surface area contributed by atoms with Gasteiger partial charge in [0.2, 0.25) is 5.91 Å². The van der Waals surface area contributed by atoms with Crippen LogP contribution >= 0.6 is 11.6 Å². The van der Waals surface area contributed by atoms with Crippen LogP contribution < -0.4 is 15.0 Å². The Morgan fingerprint density at radius 3 is 2.89 bits per heavy atom. The largest absolute Gasteiger partial charge is 0.488 e. The Morgan fingerprint density at radius 2 is 2.07 bits per heavy atom. The fourth-order valence-electron chi connectivity index (χ4n) is 3.14. The van der Waals surface area contributed by atoms with Crippen LogP contribution in [-0.4, -0.2) is 40.8 Å². The van der Waals surface area contributed by atoms with Crippen molar-refractivity contribution >= 4 is 23.2 Å². The minimum Gasteiger partial charge on any atom is -0.488 e. The van der Waals surface area contributed by atoms with Crippen molar-refractivity contribution in [2.75, 3.05) is 18.6 Å². The van der Waals surface area contributed by atoms with Crippen molar-refractivity contribution in [3.05, 3.63) is 70.8 Å². The predicted octanol–water partition coefficient (Wildman–Crippen LogP) is 2.56. The van der Waals surface area contributed by atoms with E-state index in [0.717, 1.165) is 11.4 Å². The molecule has 1 aliphatic heterocycles. The minimum atomic E-state index is -0.524. The molecule has 0 fully saturated rings. The van der Waals surface area contributed by atoms with E-state index in [1.165, 1.54) is 0 Å². The molecule has 4 rings (SSSR count). The molecule has 8 heteroatoms. The molecule has 0 saturated carbocycles. The standard InChI is InChI=1S/C20H20ClN5O2/c1-26-16-9-5-8-14(21)19(16)28-12-15(20(26)27)22-11-18-23-17(24-25-18)10-13-6-3-2-4-7-13/h2-9,15,22H,10-12H2,1H3,(H,23,24,25)/t15-/m0/s1. The fourth-order valence-corrected chi connectivity index (χ4v) is 3.36. The number of rotatable bonds is 5. The van der Waals surface area contributed by atoms with Crippen molar-refractivity contribution in [1.82, 2.24) is 20.5 Å². The van der Waals surface area contributed by atoms with Gasteiger partial charge >= 0.3 is 0 Å².